The van der Waals surface area contributed by atoms with Crippen LogP contribution in [0, 0.1) is 0 Å². The molecule has 1 aromatic heterocycles. The van der Waals surface area contributed by atoms with Crippen molar-refractivity contribution in [1.29, 1.82) is 0 Å². The lowest BCUT2D eigenvalue weighted by molar-refractivity contribution is 0.0639. The average Bonchev–Trinajstić information content (AvgIpc) is 3.11. The van der Waals surface area contributed by atoms with Crippen LogP contribution in [0.15, 0.2) is 27.1 Å². The van der Waals surface area contributed by atoms with Crippen LogP contribution < -0.4 is 0 Å². The summed E-state index contributed by atoms with van der Waals surface area (Å²) in [7, 11) is 0. The molecule has 2 aliphatic heterocycles. The Morgan fingerprint density at radius 2 is 1.89 bits per heavy atom. The van der Waals surface area contributed by atoms with E-state index in [0.29, 0.717) is 12.1 Å². The standard InChI is InChI=1S/C15H16BrNOS/c16-11-7-14(19-8-11)15(18)17-12-3-4-13(17)6-10(5-12)9-1-2-9/h7-8,12-13H,1-6H2. The predicted molar refractivity (Wildman–Crippen MR) is 80.5 cm³/mol. The molecule has 4 rings (SSSR count). The molecule has 3 fully saturated rings. The van der Waals surface area contributed by atoms with Gasteiger partial charge in [0.05, 0.1) is 4.88 Å². The van der Waals surface area contributed by atoms with Crippen LogP contribution >= 0.6 is 27.3 Å². The van der Waals surface area contributed by atoms with Crippen LogP contribution in [0.4, 0.5) is 0 Å². The van der Waals surface area contributed by atoms with E-state index in [-0.39, 0.29) is 5.91 Å². The highest BCUT2D eigenvalue weighted by Gasteiger charge is 2.43. The largest absolute Gasteiger partial charge is 0.331 e. The van der Waals surface area contributed by atoms with Gasteiger partial charge in [0.25, 0.3) is 5.91 Å². The van der Waals surface area contributed by atoms with E-state index in [1.54, 1.807) is 22.5 Å². The van der Waals surface area contributed by atoms with Crippen molar-refractivity contribution in [2.24, 2.45) is 0 Å². The number of rotatable bonds is 1. The Morgan fingerprint density at radius 3 is 2.42 bits per heavy atom. The third-order valence-electron chi connectivity index (χ3n) is 4.60. The Bertz CT molecular complexity index is 554. The van der Waals surface area contributed by atoms with E-state index in [4.69, 9.17) is 0 Å². The number of nitrogens with zero attached hydrogens (tertiary/aromatic N) is 1. The summed E-state index contributed by atoms with van der Waals surface area (Å²) < 4.78 is 1.02. The molecule has 0 aromatic carbocycles. The Kier molecular flexibility index (Phi) is 2.85. The molecular weight excluding hydrogens is 322 g/mol. The fraction of sp³-hybridized carbons (Fsp3) is 0.533. The maximum absolute atomic E-state index is 12.7. The second-order valence-electron chi connectivity index (χ2n) is 5.84. The van der Waals surface area contributed by atoms with Crippen molar-refractivity contribution < 1.29 is 4.79 Å². The van der Waals surface area contributed by atoms with Gasteiger partial charge in [-0.1, -0.05) is 11.1 Å². The van der Waals surface area contributed by atoms with Crippen molar-refractivity contribution in [2.45, 2.75) is 50.6 Å². The second kappa shape index (κ2) is 4.45. The van der Waals surface area contributed by atoms with Crippen molar-refractivity contribution in [3.8, 4) is 0 Å². The number of hydrogen-bond donors (Lipinski definition) is 0. The number of allylic oxidation sites excluding steroid dienone is 1. The van der Waals surface area contributed by atoms with Crippen LogP contribution in [0.2, 0.25) is 0 Å². The normalized spacial score (nSPS) is 29.0. The zero-order valence-electron chi connectivity index (χ0n) is 10.7. The van der Waals surface area contributed by atoms with Gasteiger partial charge in [-0.05, 0) is 60.5 Å². The highest BCUT2D eigenvalue weighted by Crippen LogP contribution is 2.45. The zero-order chi connectivity index (χ0) is 13.0. The third-order valence-corrected chi connectivity index (χ3v) is 6.28. The molecule has 3 heterocycles. The van der Waals surface area contributed by atoms with E-state index < -0.39 is 0 Å². The number of carbonyl (C=O) groups excluding carboxylic acids is 1. The van der Waals surface area contributed by atoms with Gasteiger partial charge in [-0.3, -0.25) is 4.79 Å². The van der Waals surface area contributed by atoms with Gasteiger partial charge in [0.1, 0.15) is 0 Å². The lowest BCUT2D eigenvalue weighted by Gasteiger charge is -2.36. The maximum Gasteiger partial charge on any atom is 0.264 e. The highest BCUT2D eigenvalue weighted by molar-refractivity contribution is 9.10. The monoisotopic (exact) mass is 337 g/mol. The minimum Gasteiger partial charge on any atom is -0.331 e. The van der Waals surface area contributed by atoms with Gasteiger partial charge in [0.15, 0.2) is 0 Å². The van der Waals surface area contributed by atoms with Gasteiger partial charge in [-0.2, -0.15) is 0 Å². The molecule has 100 valence electrons. The number of halogens is 1. The van der Waals surface area contributed by atoms with Gasteiger partial charge in [0.2, 0.25) is 0 Å². The van der Waals surface area contributed by atoms with E-state index in [0.717, 1.165) is 22.2 Å². The average molecular weight is 338 g/mol. The van der Waals surface area contributed by atoms with Crippen molar-refractivity contribution in [3.05, 3.63) is 31.9 Å². The van der Waals surface area contributed by atoms with Crippen LogP contribution in [0.3, 0.4) is 0 Å². The number of piperidine rings is 1. The number of amides is 1. The molecule has 19 heavy (non-hydrogen) atoms. The smallest absolute Gasteiger partial charge is 0.264 e. The fourth-order valence-electron chi connectivity index (χ4n) is 3.60. The molecule has 3 aliphatic rings. The lowest BCUT2D eigenvalue weighted by atomic mass is 9.95. The topological polar surface area (TPSA) is 20.3 Å². The van der Waals surface area contributed by atoms with Crippen molar-refractivity contribution >= 4 is 33.2 Å². The SMILES string of the molecule is O=C(c1cc(Br)cs1)N1C2CCC1CC(=C1CC1)C2. The first-order valence-electron chi connectivity index (χ1n) is 6.99. The minimum absolute atomic E-state index is 0.253. The molecular formula is C15H16BrNOS. The number of thiophene rings is 1. The maximum atomic E-state index is 12.7. The molecule has 4 heteroatoms. The molecule has 1 aromatic rings. The van der Waals surface area contributed by atoms with Crippen LogP contribution in [-0.2, 0) is 0 Å². The van der Waals surface area contributed by atoms with Crippen LogP contribution in [0.1, 0.15) is 48.2 Å². The van der Waals surface area contributed by atoms with E-state index in [2.05, 4.69) is 20.8 Å². The molecule has 2 saturated heterocycles. The van der Waals surface area contributed by atoms with E-state index >= 15 is 0 Å². The minimum atomic E-state index is 0.253. The summed E-state index contributed by atoms with van der Waals surface area (Å²) in [5, 5.41) is 2.00. The first-order valence-corrected chi connectivity index (χ1v) is 8.66. The summed E-state index contributed by atoms with van der Waals surface area (Å²) >= 11 is 4.99. The third kappa shape index (κ3) is 2.09. The van der Waals surface area contributed by atoms with Gasteiger partial charge in [-0.15, -0.1) is 11.3 Å². The molecule has 0 spiro atoms. The number of fused-ring (bicyclic) bond motifs is 2. The summed E-state index contributed by atoms with van der Waals surface area (Å²) in [6, 6.07) is 2.90. The lowest BCUT2D eigenvalue weighted by Crippen LogP contribution is -2.44. The summed E-state index contributed by atoms with van der Waals surface area (Å²) in [6.07, 6.45) is 7.31. The summed E-state index contributed by atoms with van der Waals surface area (Å²) in [6.45, 7) is 0. The Morgan fingerprint density at radius 1 is 1.21 bits per heavy atom. The first kappa shape index (κ1) is 12.2. The van der Waals surface area contributed by atoms with Gasteiger partial charge in [-0.25, -0.2) is 0 Å². The molecule has 0 N–H and O–H groups in total. The van der Waals surface area contributed by atoms with Crippen LogP contribution in [0.5, 0.6) is 0 Å². The Hall–Kier alpha value is -0.610. The van der Waals surface area contributed by atoms with Crippen LogP contribution in [-0.4, -0.2) is 22.9 Å². The molecule has 1 saturated carbocycles. The first-order chi connectivity index (χ1) is 9.22. The van der Waals surface area contributed by atoms with E-state index in [1.807, 2.05) is 11.4 Å². The van der Waals surface area contributed by atoms with Crippen molar-refractivity contribution in [2.75, 3.05) is 0 Å². The van der Waals surface area contributed by atoms with Crippen molar-refractivity contribution in [1.82, 2.24) is 4.90 Å². The van der Waals surface area contributed by atoms with Crippen molar-refractivity contribution in [3.63, 3.8) is 0 Å². The molecule has 2 nitrogen and oxygen atoms in total. The zero-order valence-corrected chi connectivity index (χ0v) is 13.1. The molecule has 0 radical (unpaired) electrons. The summed E-state index contributed by atoms with van der Waals surface area (Å²) in [4.78, 5) is 15.7. The van der Waals surface area contributed by atoms with Crippen LogP contribution in [0.25, 0.3) is 0 Å². The molecule has 2 atom stereocenters. The summed E-state index contributed by atoms with van der Waals surface area (Å²) in [5.74, 6) is 0.253. The Labute approximate surface area is 125 Å². The molecule has 2 bridgehead atoms. The van der Waals surface area contributed by atoms with Gasteiger partial charge in [0, 0.05) is 21.9 Å². The Balaban J connectivity index is 1.60. The second-order valence-corrected chi connectivity index (χ2v) is 7.67. The molecule has 1 aliphatic carbocycles. The quantitative estimate of drug-likeness (QED) is 0.697. The highest BCUT2D eigenvalue weighted by atomic mass is 79.9. The van der Waals surface area contributed by atoms with E-state index in [9.17, 15) is 4.79 Å². The fourth-order valence-corrected chi connectivity index (χ4v) is 4.97. The molecule has 2 unspecified atom stereocenters. The molecule has 1 amide bonds. The number of hydrogen-bond acceptors (Lipinski definition) is 2. The van der Waals surface area contributed by atoms with Gasteiger partial charge < -0.3 is 4.90 Å². The van der Waals surface area contributed by atoms with Gasteiger partial charge >= 0.3 is 0 Å². The summed E-state index contributed by atoms with van der Waals surface area (Å²) in [5.41, 5.74) is 3.38. The number of carbonyl (C=O) groups is 1. The van der Waals surface area contributed by atoms with E-state index in [1.165, 1.54) is 25.7 Å². The predicted octanol–water partition coefficient (Wildman–Crippen LogP) is 4.37.